The van der Waals surface area contributed by atoms with Crippen LogP contribution in [0.1, 0.15) is 66.8 Å². The summed E-state index contributed by atoms with van der Waals surface area (Å²) >= 11 is 1.97. The third-order valence-electron chi connectivity index (χ3n) is 3.81. The van der Waals surface area contributed by atoms with Crippen LogP contribution in [0.5, 0.6) is 0 Å². The predicted molar refractivity (Wildman–Crippen MR) is 80.2 cm³/mol. The topological polar surface area (TPSA) is 0 Å². The molecule has 0 aliphatic rings. The average molecular weight is 252 g/mol. The highest BCUT2D eigenvalue weighted by atomic mass is 32.1. The van der Waals surface area contributed by atoms with Gasteiger partial charge in [0.25, 0.3) is 0 Å². The highest BCUT2D eigenvalue weighted by Gasteiger charge is 2.12. The second kappa shape index (κ2) is 7.20. The zero-order chi connectivity index (χ0) is 12.8. The molecule has 1 rings (SSSR count). The van der Waals surface area contributed by atoms with Crippen molar-refractivity contribution in [3.8, 4) is 0 Å². The summed E-state index contributed by atoms with van der Waals surface area (Å²) in [5.74, 6) is 0.846. The first-order chi connectivity index (χ1) is 8.06. The summed E-state index contributed by atoms with van der Waals surface area (Å²) in [5.41, 5.74) is 3.18. The van der Waals surface area contributed by atoms with Crippen molar-refractivity contribution in [2.75, 3.05) is 0 Å². The van der Waals surface area contributed by atoms with Crippen LogP contribution >= 0.6 is 11.3 Å². The first kappa shape index (κ1) is 14.8. The molecule has 0 saturated heterocycles. The number of hydrogen-bond acceptors (Lipinski definition) is 1. The minimum atomic E-state index is 0.846. The van der Waals surface area contributed by atoms with Crippen LogP contribution in [0, 0.1) is 26.7 Å². The van der Waals surface area contributed by atoms with E-state index in [-0.39, 0.29) is 0 Å². The summed E-state index contributed by atoms with van der Waals surface area (Å²) < 4.78 is 0. The zero-order valence-corrected chi connectivity index (χ0v) is 13.0. The van der Waals surface area contributed by atoms with Gasteiger partial charge in [-0.05, 0) is 44.2 Å². The lowest BCUT2D eigenvalue weighted by Crippen LogP contribution is -2.01. The number of thiophene rings is 1. The molecule has 1 aromatic heterocycles. The van der Waals surface area contributed by atoms with Gasteiger partial charge in [0.2, 0.25) is 0 Å². The van der Waals surface area contributed by atoms with Gasteiger partial charge in [0.05, 0.1) is 0 Å². The summed E-state index contributed by atoms with van der Waals surface area (Å²) in [6.07, 6.45) is 8.26. The maximum absolute atomic E-state index is 2.41. The van der Waals surface area contributed by atoms with E-state index in [1.807, 2.05) is 11.3 Å². The van der Waals surface area contributed by atoms with Gasteiger partial charge in [-0.3, -0.25) is 0 Å². The van der Waals surface area contributed by atoms with Crippen LogP contribution in [-0.4, -0.2) is 0 Å². The fourth-order valence-corrected chi connectivity index (χ4v) is 3.61. The van der Waals surface area contributed by atoms with E-state index in [4.69, 9.17) is 0 Å². The predicted octanol–water partition coefficient (Wildman–Crippen LogP) is 5.82. The molecule has 0 aliphatic heterocycles. The van der Waals surface area contributed by atoms with Crippen molar-refractivity contribution in [2.24, 2.45) is 5.92 Å². The fourth-order valence-electron chi connectivity index (χ4n) is 2.51. The van der Waals surface area contributed by atoms with Crippen molar-refractivity contribution in [3.05, 3.63) is 20.9 Å². The minimum Gasteiger partial charge on any atom is -0.145 e. The molecule has 1 atom stereocenters. The van der Waals surface area contributed by atoms with Gasteiger partial charge in [-0.1, -0.05) is 46.0 Å². The Hall–Kier alpha value is -0.300. The van der Waals surface area contributed by atoms with Crippen LogP contribution < -0.4 is 0 Å². The minimum absolute atomic E-state index is 0.846. The summed E-state index contributed by atoms with van der Waals surface area (Å²) in [4.78, 5) is 3.05. The van der Waals surface area contributed by atoms with E-state index in [1.54, 1.807) is 16.0 Å². The van der Waals surface area contributed by atoms with Crippen LogP contribution in [0.3, 0.4) is 0 Å². The first-order valence-electron chi connectivity index (χ1n) is 7.11. The lowest BCUT2D eigenvalue weighted by atomic mass is 9.93. The Labute approximate surface area is 111 Å². The Morgan fingerprint density at radius 2 is 1.71 bits per heavy atom. The molecule has 17 heavy (non-hydrogen) atoms. The highest BCUT2D eigenvalue weighted by molar-refractivity contribution is 7.12. The van der Waals surface area contributed by atoms with Crippen molar-refractivity contribution in [1.29, 1.82) is 0 Å². The molecule has 0 nitrogen and oxygen atoms in total. The Kier molecular flexibility index (Phi) is 6.26. The molecule has 0 amide bonds. The standard InChI is InChI=1S/C16H28S/c1-6-7-8-9-10-12(2)11-16-13(3)14(4)17-15(16)5/h12H,6-11H2,1-5H3. The number of hydrogen-bond donors (Lipinski definition) is 0. The van der Waals surface area contributed by atoms with Crippen LogP contribution in [0.4, 0.5) is 0 Å². The molecule has 1 heteroatoms. The Bertz CT molecular complexity index is 336. The Morgan fingerprint density at radius 1 is 1.00 bits per heavy atom. The number of aryl methyl sites for hydroxylation is 2. The second-order valence-electron chi connectivity index (χ2n) is 5.48. The van der Waals surface area contributed by atoms with E-state index in [0.717, 1.165) is 5.92 Å². The van der Waals surface area contributed by atoms with Gasteiger partial charge in [-0.2, -0.15) is 0 Å². The summed E-state index contributed by atoms with van der Waals surface area (Å²) in [7, 11) is 0. The molecule has 1 heterocycles. The molecule has 0 aromatic carbocycles. The fraction of sp³-hybridized carbons (Fsp3) is 0.750. The van der Waals surface area contributed by atoms with Crippen LogP contribution in [-0.2, 0) is 6.42 Å². The molecular weight excluding hydrogens is 224 g/mol. The van der Waals surface area contributed by atoms with E-state index < -0.39 is 0 Å². The highest BCUT2D eigenvalue weighted by Crippen LogP contribution is 2.29. The largest absolute Gasteiger partial charge is 0.145 e. The van der Waals surface area contributed by atoms with Crippen LogP contribution in [0.25, 0.3) is 0 Å². The molecule has 1 unspecified atom stereocenters. The normalized spacial score (nSPS) is 13.0. The number of rotatable bonds is 7. The van der Waals surface area contributed by atoms with Gasteiger partial charge in [0, 0.05) is 9.75 Å². The Balaban J connectivity index is 2.42. The molecule has 0 N–H and O–H groups in total. The SMILES string of the molecule is CCCCCCC(C)Cc1c(C)sc(C)c1C. The molecule has 0 bridgehead atoms. The maximum Gasteiger partial charge on any atom is 0.00518 e. The van der Waals surface area contributed by atoms with Crippen LogP contribution in [0.15, 0.2) is 0 Å². The molecule has 98 valence electrons. The molecule has 0 fully saturated rings. The first-order valence-corrected chi connectivity index (χ1v) is 7.93. The van der Waals surface area contributed by atoms with E-state index in [9.17, 15) is 0 Å². The summed E-state index contributed by atoms with van der Waals surface area (Å²) in [6.45, 7) is 11.5. The molecule has 1 aromatic rings. The van der Waals surface area contributed by atoms with Gasteiger partial charge in [-0.15, -0.1) is 11.3 Å². The Morgan fingerprint density at radius 3 is 2.24 bits per heavy atom. The van der Waals surface area contributed by atoms with Crippen LogP contribution in [0.2, 0.25) is 0 Å². The van der Waals surface area contributed by atoms with Gasteiger partial charge in [0.1, 0.15) is 0 Å². The van der Waals surface area contributed by atoms with Gasteiger partial charge in [0.15, 0.2) is 0 Å². The second-order valence-corrected chi connectivity index (χ2v) is 6.91. The van der Waals surface area contributed by atoms with Crippen molar-refractivity contribution in [3.63, 3.8) is 0 Å². The van der Waals surface area contributed by atoms with Crippen molar-refractivity contribution >= 4 is 11.3 Å². The quantitative estimate of drug-likeness (QED) is 0.536. The van der Waals surface area contributed by atoms with Gasteiger partial charge >= 0.3 is 0 Å². The molecular formula is C16H28S. The van der Waals surface area contributed by atoms with E-state index >= 15 is 0 Å². The molecule has 0 aliphatic carbocycles. The van der Waals surface area contributed by atoms with Crippen molar-refractivity contribution in [1.82, 2.24) is 0 Å². The third kappa shape index (κ3) is 4.46. The molecule has 0 spiro atoms. The molecule has 0 saturated carbocycles. The zero-order valence-electron chi connectivity index (χ0n) is 12.2. The molecule has 0 radical (unpaired) electrons. The van der Waals surface area contributed by atoms with E-state index in [0.29, 0.717) is 0 Å². The maximum atomic E-state index is 2.41. The van der Waals surface area contributed by atoms with Gasteiger partial charge in [-0.25, -0.2) is 0 Å². The average Bonchev–Trinajstić information content (AvgIpc) is 2.52. The van der Waals surface area contributed by atoms with E-state index in [1.165, 1.54) is 43.4 Å². The van der Waals surface area contributed by atoms with Gasteiger partial charge < -0.3 is 0 Å². The third-order valence-corrected chi connectivity index (χ3v) is 4.98. The van der Waals surface area contributed by atoms with Crippen molar-refractivity contribution < 1.29 is 0 Å². The number of unbranched alkanes of at least 4 members (excludes halogenated alkanes) is 3. The lowest BCUT2D eigenvalue weighted by Gasteiger charge is -2.12. The smallest absolute Gasteiger partial charge is 0.00518 e. The summed E-state index contributed by atoms with van der Waals surface area (Å²) in [5, 5.41) is 0. The summed E-state index contributed by atoms with van der Waals surface area (Å²) in [6, 6.07) is 0. The monoisotopic (exact) mass is 252 g/mol. The van der Waals surface area contributed by atoms with Crippen molar-refractivity contribution in [2.45, 2.75) is 73.1 Å². The lowest BCUT2D eigenvalue weighted by molar-refractivity contribution is 0.486. The van der Waals surface area contributed by atoms with E-state index in [2.05, 4.69) is 34.6 Å².